The molecule has 0 saturated heterocycles. The SMILES string of the molecule is COC(C)COCc1ccccc1. The van der Waals surface area contributed by atoms with E-state index in [2.05, 4.69) is 12.1 Å². The van der Waals surface area contributed by atoms with Gasteiger partial charge in [-0.25, -0.2) is 0 Å². The standard InChI is InChI=1S/C11H16O2/c1-10(12-2)8-13-9-11-6-4-3-5-7-11/h3-7,10H,8-9H2,1-2H3. The van der Waals surface area contributed by atoms with Crippen molar-refractivity contribution < 1.29 is 9.47 Å². The molecule has 2 nitrogen and oxygen atoms in total. The van der Waals surface area contributed by atoms with Gasteiger partial charge in [0.2, 0.25) is 0 Å². The molecular formula is C11H16O2. The van der Waals surface area contributed by atoms with Gasteiger partial charge >= 0.3 is 0 Å². The summed E-state index contributed by atoms with van der Waals surface area (Å²) < 4.78 is 10.5. The van der Waals surface area contributed by atoms with Gasteiger partial charge < -0.3 is 9.47 Å². The predicted molar refractivity (Wildman–Crippen MR) is 52.6 cm³/mol. The Hall–Kier alpha value is -0.860. The van der Waals surface area contributed by atoms with E-state index in [1.54, 1.807) is 7.11 Å². The second-order valence-corrected chi connectivity index (χ2v) is 3.05. The van der Waals surface area contributed by atoms with Crippen LogP contribution in [0.5, 0.6) is 0 Å². The quantitative estimate of drug-likeness (QED) is 0.691. The summed E-state index contributed by atoms with van der Waals surface area (Å²) in [5, 5.41) is 0. The average molecular weight is 180 g/mol. The van der Waals surface area contributed by atoms with Crippen LogP contribution in [0.3, 0.4) is 0 Å². The molecule has 13 heavy (non-hydrogen) atoms. The van der Waals surface area contributed by atoms with E-state index in [-0.39, 0.29) is 6.10 Å². The van der Waals surface area contributed by atoms with E-state index < -0.39 is 0 Å². The topological polar surface area (TPSA) is 18.5 Å². The zero-order valence-electron chi connectivity index (χ0n) is 8.19. The Bertz CT molecular complexity index is 221. The lowest BCUT2D eigenvalue weighted by Crippen LogP contribution is -2.13. The number of hydrogen-bond donors (Lipinski definition) is 0. The van der Waals surface area contributed by atoms with Crippen molar-refractivity contribution in [3.8, 4) is 0 Å². The van der Waals surface area contributed by atoms with Gasteiger partial charge in [-0.2, -0.15) is 0 Å². The summed E-state index contributed by atoms with van der Waals surface area (Å²) in [5.41, 5.74) is 1.20. The number of hydrogen-bond acceptors (Lipinski definition) is 2. The Labute approximate surface area is 79.5 Å². The predicted octanol–water partition coefficient (Wildman–Crippen LogP) is 2.24. The van der Waals surface area contributed by atoms with Crippen molar-refractivity contribution in [2.24, 2.45) is 0 Å². The minimum absolute atomic E-state index is 0.170. The van der Waals surface area contributed by atoms with Crippen LogP contribution in [0.25, 0.3) is 0 Å². The monoisotopic (exact) mass is 180 g/mol. The van der Waals surface area contributed by atoms with E-state index in [4.69, 9.17) is 9.47 Å². The van der Waals surface area contributed by atoms with E-state index >= 15 is 0 Å². The van der Waals surface area contributed by atoms with Gasteiger partial charge in [0.25, 0.3) is 0 Å². The molecule has 0 heterocycles. The molecule has 2 heteroatoms. The smallest absolute Gasteiger partial charge is 0.0776 e. The molecule has 0 aromatic heterocycles. The summed E-state index contributed by atoms with van der Waals surface area (Å²) >= 11 is 0. The first-order chi connectivity index (χ1) is 6.33. The largest absolute Gasteiger partial charge is 0.379 e. The van der Waals surface area contributed by atoms with Gasteiger partial charge in [0.1, 0.15) is 0 Å². The molecule has 0 aliphatic rings. The lowest BCUT2D eigenvalue weighted by atomic mass is 10.2. The van der Waals surface area contributed by atoms with E-state index in [0.29, 0.717) is 13.2 Å². The van der Waals surface area contributed by atoms with Crippen LogP contribution in [-0.4, -0.2) is 19.8 Å². The normalized spacial score (nSPS) is 12.8. The van der Waals surface area contributed by atoms with Gasteiger partial charge in [0.15, 0.2) is 0 Å². The molecule has 0 N–H and O–H groups in total. The number of benzene rings is 1. The highest BCUT2D eigenvalue weighted by atomic mass is 16.5. The van der Waals surface area contributed by atoms with E-state index in [0.717, 1.165) is 0 Å². The lowest BCUT2D eigenvalue weighted by molar-refractivity contribution is 0.0117. The molecule has 0 bridgehead atoms. The first kappa shape index (κ1) is 10.2. The molecule has 0 saturated carbocycles. The van der Waals surface area contributed by atoms with E-state index in [1.807, 2.05) is 25.1 Å². The summed E-state index contributed by atoms with van der Waals surface area (Å²) in [6, 6.07) is 10.1. The van der Waals surface area contributed by atoms with Gasteiger partial charge in [-0.1, -0.05) is 30.3 Å². The maximum Gasteiger partial charge on any atom is 0.0776 e. The molecule has 1 rings (SSSR count). The van der Waals surface area contributed by atoms with Crippen LogP contribution < -0.4 is 0 Å². The number of rotatable bonds is 5. The molecule has 0 fully saturated rings. The first-order valence-corrected chi connectivity index (χ1v) is 4.47. The third-order valence-corrected chi connectivity index (χ3v) is 1.87. The lowest BCUT2D eigenvalue weighted by Gasteiger charge is -2.09. The van der Waals surface area contributed by atoms with Crippen LogP contribution in [0.15, 0.2) is 30.3 Å². The summed E-state index contributed by atoms with van der Waals surface area (Å²) in [7, 11) is 1.69. The van der Waals surface area contributed by atoms with Crippen molar-refractivity contribution in [3.05, 3.63) is 35.9 Å². The zero-order valence-corrected chi connectivity index (χ0v) is 8.19. The Kier molecular flexibility index (Phi) is 4.50. The fraction of sp³-hybridized carbons (Fsp3) is 0.455. The molecule has 1 unspecified atom stereocenters. The molecule has 1 aromatic carbocycles. The van der Waals surface area contributed by atoms with Crippen molar-refractivity contribution in [2.75, 3.05) is 13.7 Å². The van der Waals surface area contributed by atoms with Crippen LogP contribution in [0.2, 0.25) is 0 Å². The maximum absolute atomic E-state index is 5.45. The van der Waals surface area contributed by atoms with Crippen molar-refractivity contribution in [1.29, 1.82) is 0 Å². The van der Waals surface area contributed by atoms with Crippen molar-refractivity contribution in [1.82, 2.24) is 0 Å². The summed E-state index contributed by atoms with van der Waals surface area (Å²) in [6.07, 6.45) is 0.170. The van der Waals surface area contributed by atoms with E-state index in [9.17, 15) is 0 Å². The zero-order chi connectivity index (χ0) is 9.52. The molecule has 1 atom stereocenters. The number of methoxy groups -OCH3 is 1. The third kappa shape index (κ3) is 4.06. The molecule has 0 spiro atoms. The highest BCUT2D eigenvalue weighted by Gasteiger charge is 1.98. The highest BCUT2D eigenvalue weighted by Crippen LogP contribution is 2.01. The van der Waals surface area contributed by atoms with Gasteiger partial charge in [0, 0.05) is 7.11 Å². The first-order valence-electron chi connectivity index (χ1n) is 4.47. The van der Waals surface area contributed by atoms with Crippen molar-refractivity contribution in [3.63, 3.8) is 0 Å². The summed E-state index contributed by atoms with van der Waals surface area (Å²) in [4.78, 5) is 0. The Morgan fingerprint density at radius 2 is 1.92 bits per heavy atom. The molecule has 0 amide bonds. The van der Waals surface area contributed by atoms with Crippen LogP contribution in [-0.2, 0) is 16.1 Å². The average Bonchev–Trinajstić information content (AvgIpc) is 2.19. The van der Waals surface area contributed by atoms with Gasteiger partial charge in [-0.05, 0) is 12.5 Å². The second-order valence-electron chi connectivity index (χ2n) is 3.05. The van der Waals surface area contributed by atoms with Gasteiger partial charge in [0.05, 0.1) is 19.3 Å². The number of ether oxygens (including phenoxy) is 2. The van der Waals surface area contributed by atoms with Crippen molar-refractivity contribution >= 4 is 0 Å². The molecule has 0 aliphatic heterocycles. The van der Waals surface area contributed by atoms with Crippen LogP contribution in [0.4, 0.5) is 0 Å². The van der Waals surface area contributed by atoms with E-state index in [1.165, 1.54) is 5.56 Å². The van der Waals surface area contributed by atoms with Gasteiger partial charge in [-0.3, -0.25) is 0 Å². The molecule has 1 aromatic rings. The van der Waals surface area contributed by atoms with Crippen molar-refractivity contribution in [2.45, 2.75) is 19.6 Å². The highest BCUT2D eigenvalue weighted by molar-refractivity contribution is 5.13. The van der Waals surface area contributed by atoms with Crippen LogP contribution in [0.1, 0.15) is 12.5 Å². The summed E-state index contributed by atoms with van der Waals surface area (Å²) in [6.45, 7) is 3.30. The van der Waals surface area contributed by atoms with Gasteiger partial charge in [-0.15, -0.1) is 0 Å². The summed E-state index contributed by atoms with van der Waals surface area (Å²) in [5.74, 6) is 0. The Morgan fingerprint density at radius 1 is 1.23 bits per heavy atom. The molecule has 0 radical (unpaired) electrons. The molecular weight excluding hydrogens is 164 g/mol. The molecule has 72 valence electrons. The Morgan fingerprint density at radius 3 is 2.54 bits per heavy atom. The second kappa shape index (κ2) is 5.73. The fourth-order valence-corrected chi connectivity index (χ4v) is 0.985. The van der Waals surface area contributed by atoms with Crippen LogP contribution in [0, 0.1) is 0 Å². The maximum atomic E-state index is 5.45. The molecule has 0 aliphatic carbocycles. The minimum Gasteiger partial charge on any atom is -0.379 e. The Balaban J connectivity index is 2.20. The third-order valence-electron chi connectivity index (χ3n) is 1.87. The fourth-order valence-electron chi connectivity index (χ4n) is 0.985. The van der Waals surface area contributed by atoms with Crippen LogP contribution >= 0.6 is 0 Å². The minimum atomic E-state index is 0.170.